The predicted molar refractivity (Wildman–Crippen MR) is 135 cm³/mol. The minimum absolute atomic E-state index is 0.439. The summed E-state index contributed by atoms with van der Waals surface area (Å²) in [6.07, 6.45) is 6.77. The number of aromatic nitrogens is 3. The molecular formula is C30H25N3O. The Morgan fingerprint density at radius 1 is 0.824 bits per heavy atom. The van der Waals surface area contributed by atoms with Gasteiger partial charge in [-0.3, -0.25) is 0 Å². The van der Waals surface area contributed by atoms with Crippen molar-refractivity contribution in [2.24, 2.45) is 0 Å². The van der Waals surface area contributed by atoms with Crippen LogP contribution in [0.3, 0.4) is 0 Å². The largest absolute Gasteiger partial charge is 0.436 e. The SMILES string of the molecule is Cc1c(C)n(C2CCc3ccccc3C2)c2ccc3c(c12)Oc1nccnc1-c1ccccc1-3. The van der Waals surface area contributed by atoms with E-state index in [0.717, 1.165) is 47.4 Å². The van der Waals surface area contributed by atoms with Gasteiger partial charge in [0.25, 0.3) is 0 Å². The van der Waals surface area contributed by atoms with Crippen molar-refractivity contribution in [3.8, 4) is 34.0 Å². The zero-order valence-corrected chi connectivity index (χ0v) is 19.4. The Bertz CT molecular complexity index is 1600. The highest BCUT2D eigenvalue weighted by Crippen LogP contribution is 2.50. The quantitative estimate of drug-likeness (QED) is 0.269. The maximum absolute atomic E-state index is 6.60. The van der Waals surface area contributed by atoms with Crippen molar-refractivity contribution in [3.63, 3.8) is 0 Å². The fourth-order valence-electron chi connectivity index (χ4n) is 5.97. The van der Waals surface area contributed by atoms with E-state index in [9.17, 15) is 0 Å². The molecule has 7 rings (SSSR count). The Hall–Kier alpha value is -3.92. The zero-order valence-electron chi connectivity index (χ0n) is 19.4. The normalized spacial score (nSPS) is 16.1. The van der Waals surface area contributed by atoms with Gasteiger partial charge in [0.2, 0.25) is 5.88 Å². The van der Waals surface area contributed by atoms with E-state index >= 15 is 0 Å². The Balaban J connectivity index is 1.47. The van der Waals surface area contributed by atoms with E-state index in [-0.39, 0.29) is 0 Å². The van der Waals surface area contributed by atoms with Crippen LogP contribution in [0.25, 0.3) is 33.3 Å². The Kier molecular flexibility index (Phi) is 4.19. The Morgan fingerprint density at radius 3 is 2.47 bits per heavy atom. The van der Waals surface area contributed by atoms with Gasteiger partial charge in [0, 0.05) is 40.6 Å². The number of benzene rings is 3. The number of ether oxygens (including phenoxy) is 1. The lowest BCUT2D eigenvalue weighted by Crippen LogP contribution is -2.19. The van der Waals surface area contributed by atoms with Crippen LogP contribution in [0, 0.1) is 13.8 Å². The van der Waals surface area contributed by atoms with E-state index in [1.54, 1.807) is 12.4 Å². The maximum Gasteiger partial charge on any atom is 0.246 e. The molecule has 3 heterocycles. The van der Waals surface area contributed by atoms with Crippen molar-refractivity contribution in [2.75, 3.05) is 0 Å². The molecule has 0 saturated heterocycles. The summed E-state index contributed by atoms with van der Waals surface area (Å²) >= 11 is 0. The summed E-state index contributed by atoms with van der Waals surface area (Å²) < 4.78 is 9.16. The highest BCUT2D eigenvalue weighted by Gasteiger charge is 2.29. The first-order chi connectivity index (χ1) is 16.7. The maximum atomic E-state index is 6.60. The molecule has 4 nitrogen and oxygen atoms in total. The fourth-order valence-corrected chi connectivity index (χ4v) is 5.97. The van der Waals surface area contributed by atoms with Crippen LogP contribution in [0.1, 0.15) is 34.8 Å². The molecule has 5 aromatic rings. The molecule has 2 aromatic heterocycles. The van der Waals surface area contributed by atoms with E-state index in [4.69, 9.17) is 4.74 Å². The number of fused-ring (bicyclic) bond motifs is 8. The molecule has 34 heavy (non-hydrogen) atoms. The van der Waals surface area contributed by atoms with Crippen molar-refractivity contribution in [1.29, 1.82) is 0 Å². The first-order valence-corrected chi connectivity index (χ1v) is 12.0. The second-order valence-corrected chi connectivity index (χ2v) is 9.44. The van der Waals surface area contributed by atoms with E-state index in [1.165, 1.54) is 33.3 Å². The van der Waals surface area contributed by atoms with Gasteiger partial charge >= 0.3 is 0 Å². The van der Waals surface area contributed by atoms with Crippen LogP contribution in [-0.4, -0.2) is 14.5 Å². The molecule has 0 amide bonds. The third kappa shape index (κ3) is 2.72. The van der Waals surface area contributed by atoms with E-state index in [1.807, 2.05) is 6.07 Å². The molecule has 0 fully saturated rings. The van der Waals surface area contributed by atoms with Crippen LogP contribution in [0.15, 0.2) is 73.1 Å². The molecule has 1 aliphatic carbocycles. The predicted octanol–water partition coefficient (Wildman–Crippen LogP) is 7.22. The number of aryl methyl sites for hydroxylation is 2. The molecule has 3 aromatic carbocycles. The summed E-state index contributed by atoms with van der Waals surface area (Å²) in [4.78, 5) is 9.20. The zero-order chi connectivity index (χ0) is 22.8. The molecule has 1 atom stereocenters. The highest BCUT2D eigenvalue weighted by molar-refractivity contribution is 6.01. The molecule has 0 radical (unpaired) electrons. The van der Waals surface area contributed by atoms with Crippen molar-refractivity contribution in [2.45, 2.75) is 39.2 Å². The van der Waals surface area contributed by atoms with Crippen LogP contribution >= 0.6 is 0 Å². The fraction of sp³-hybridized carbons (Fsp3) is 0.200. The number of rotatable bonds is 1. The lowest BCUT2D eigenvalue weighted by atomic mass is 9.88. The molecule has 2 aliphatic rings. The van der Waals surface area contributed by atoms with Gasteiger partial charge in [-0.25, -0.2) is 9.97 Å². The molecular weight excluding hydrogens is 418 g/mol. The molecule has 1 unspecified atom stereocenters. The smallest absolute Gasteiger partial charge is 0.246 e. The molecule has 0 N–H and O–H groups in total. The topological polar surface area (TPSA) is 39.9 Å². The molecule has 0 spiro atoms. The van der Waals surface area contributed by atoms with Crippen molar-refractivity contribution in [3.05, 3.63) is 95.4 Å². The van der Waals surface area contributed by atoms with Crippen LogP contribution in [0.2, 0.25) is 0 Å². The number of hydrogen-bond acceptors (Lipinski definition) is 3. The molecule has 0 saturated carbocycles. The minimum atomic E-state index is 0.439. The highest BCUT2D eigenvalue weighted by atomic mass is 16.5. The Morgan fingerprint density at radius 2 is 1.59 bits per heavy atom. The average Bonchev–Trinajstić information content (AvgIpc) is 3.05. The lowest BCUT2D eigenvalue weighted by molar-refractivity contribution is 0.446. The monoisotopic (exact) mass is 443 g/mol. The second-order valence-electron chi connectivity index (χ2n) is 9.44. The first kappa shape index (κ1) is 19.5. The number of nitrogens with zero attached hydrogens (tertiary/aromatic N) is 3. The van der Waals surface area contributed by atoms with Crippen molar-refractivity contribution >= 4 is 10.9 Å². The minimum Gasteiger partial charge on any atom is -0.436 e. The van der Waals surface area contributed by atoms with Gasteiger partial charge in [-0.05, 0) is 67.5 Å². The van der Waals surface area contributed by atoms with Gasteiger partial charge in [-0.1, -0.05) is 48.5 Å². The summed E-state index contributed by atoms with van der Waals surface area (Å²) in [6.45, 7) is 4.48. The molecule has 0 bridgehead atoms. The van der Waals surface area contributed by atoms with Gasteiger partial charge in [-0.15, -0.1) is 0 Å². The van der Waals surface area contributed by atoms with Gasteiger partial charge in [0.05, 0.1) is 5.52 Å². The van der Waals surface area contributed by atoms with Gasteiger partial charge in [-0.2, -0.15) is 0 Å². The number of hydrogen-bond donors (Lipinski definition) is 0. The van der Waals surface area contributed by atoms with Crippen molar-refractivity contribution in [1.82, 2.24) is 14.5 Å². The van der Waals surface area contributed by atoms with Gasteiger partial charge in [0.1, 0.15) is 11.4 Å². The van der Waals surface area contributed by atoms with Crippen LogP contribution in [0.4, 0.5) is 0 Å². The standard InChI is InChI=1S/C30H25N3O/c1-18-19(2)33(22-12-11-20-7-3-4-8-21(20)17-22)26-14-13-25-23-9-5-6-10-24(23)28-30(32-16-15-31-28)34-29(25)27(18)26/h3-10,13-16,22H,11-12,17H2,1-2H3. The van der Waals surface area contributed by atoms with E-state index < -0.39 is 0 Å². The second kappa shape index (κ2) is 7.29. The van der Waals surface area contributed by atoms with Gasteiger partial charge < -0.3 is 9.30 Å². The summed E-state index contributed by atoms with van der Waals surface area (Å²) in [5.74, 6) is 1.46. The van der Waals surface area contributed by atoms with Crippen LogP contribution in [0.5, 0.6) is 11.6 Å². The van der Waals surface area contributed by atoms with Gasteiger partial charge in [0.15, 0.2) is 0 Å². The average molecular weight is 444 g/mol. The molecule has 4 heteroatoms. The van der Waals surface area contributed by atoms with Crippen LogP contribution in [-0.2, 0) is 12.8 Å². The first-order valence-electron chi connectivity index (χ1n) is 12.0. The van der Waals surface area contributed by atoms with Crippen LogP contribution < -0.4 is 4.74 Å². The summed E-state index contributed by atoms with van der Waals surface area (Å²) in [5.41, 5.74) is 10.9. The summed E-state index contributed by atoms with van der Waals surface area (Å²) in [5, 5.41) is 1.18. The summed E-state index contributed by atoms with van der Waals surface area (Å²) in [7, 11) is 0. The third-order valence-corrected chi connectivity index (χ3v) is 7.70. The lowest BCUT2D eigenvalue weighted by Gasteiger charge is -2.28. The van der Waals surface area contributed by atoms with Crippen molar-refractivity contribution < 1.29 is 4.74 Å². The van der Waals surface area contributed by atoms with E-state index in [0.29, 0.717) is 11.9 Å². The van der Waals surface area contributed by atoms with E-state index in [2.05, 4.69) is 83.0 Å². The Labute approximate surface area is 198 Å². The summed E-state index contributed by atoms with van der Waals surface area (Å²) in [6, 6.07) is 22.2. The third-order valence-electron chi connectivity index (χ3n) is 7.70. The molecule has 166 valence electrons. The molecule has 1 aliphatic heterocycles.